The molecule has 3 fully saturated rings. The van der Waals surface area contributed by atoms with E-state index in [1.165, 1.54) is 19.3 Å². The lowest BCUT2D eigenvalue weighted by molar-refractivity contribution is 0.117. The minimum atomic E-state index is -3.08. The van der Waals surface area contributed by atoms with Gasteiger partial charge in [-0.3, -0.25) is 4.90 Å². The number of hydrogen-bond donors (Lipinski definition) is 1. The fourth-order valence-corrected chi connectivity index (χ4v) is 5.27. The average Bonchev–Trinajstić information content (AvgIpc) is 3.11. The van der Waals surface area contributed by atoms with Crippen LogP contribution in [0.25, 0.3) is 0 Å². The first-order valence-corrected chi connectivity index (χ1v) is 9.64. The lowest BCUT2D eigenvalue weighted by Crippen LogP contribution is -2.57. The smallest absolute Gasteiger partial charge is 0.214 e. The molecule has 0 aromatic rings. The van der Waals surface area contributed by atoms with E-state index in [2.05, 4.69) is 17.1 Å². The quantitative estimate of drug-likeness (QED) is 0.731. The van der Waals surface area contributed by atoms with Gasteiger partial charge in [0, 0.05) is 31.2 Å². The minimum Gasteiger partial charge on any atom is -0.314 e. The maximum Gasteiger partial charge on any atom is 0.214 e. The van der Waals surface area contributed by atoms with E-state index in [0.717, 1.165) is 32.5 Å². The monoisotopic (exact) mass is 301 g/mol. The first-order valence-electron chi connectivity index (χ1n) is 8.03. The van der Waals surface area contributed by atoms with Crippen molar-refractivity contribution in [1.82, 2.24) is 14.5 Å². The van der Waals surface area contributed by atoms with Crippen molar-refractivity contribution in [1.29, 1.82) is 0 Å². The van der Waals surface area contributed by atoms with E-state index < -0.39 is 10.0 Å². The summed E-state index contributed by atoms with van der Waals surface area (Å²) in [5.41, 5.74) is 0. The largest absolute Gasteiger partial charge is 0.314 e. The molecule has 0 aromatic carbocycles. The molecule has 20 heavy (non-hydrogen) atoms. The third kappa shape index (κ3) is 3.35. The van der Waals surface area contributed by atoms with E-state index in [0.29, 0.717) is 24.4 Å². The highest BCUT2D eigenvalue weighted by Gasteiger charge is 2.39. The third-order valence-corrected chi connectivity index (χ3v) is 6.85. The van der Waals surface area contributed by atoms with Crippen LogP contribution >= 0.6 is 0 Å². The first-order chi connectivity index (χ1) is 9.56. The predicted octanol–water partition coefficient (Wildman–Crippen LogP) is 0.627. The zero-order valence-corrected chi connectivity index (χ0v) is 13.2. The predicted molar refractivity (Wildman–Crippen MR) is 80.2 cm³/mol. The number of piperazine rings is 1. The minimum absolute atomic E-state index is 0.130. The second-order valence-corrected chi connectivity index (χ2v) is 8.65. The third-order valence-electron chi connectivity index (χ3n) is 4.83. The maximum absolute atomic E-state index is 12.5. The van der Waals surface area contributed by atoms with Crippen LogP contribution in [0.5, 0.6) is 0 Å². The van der Waals surface area contributed by atoms with Gasteiger partial charge in [0.2, 0.25) is 10.0 Å². The lowest BCUT2D eigenvalue weighted by Gasteiger charge is -2.41. The highest BCUT2D eigenvalue weighted by molar-refractivity contribution is 7.89. The first kappa shape index (κ1) is 14.8. The molecule has 2 heterocycles. The summed E-state index contributed by atoms with van der Waals surface area (Å²) in [5.74, 6) is 0.295. The lowest BCUT2D eigenvalue weighted by atomic mass is 10.1. The average molecular weight is 301 g/mol. The molecular formula is C14H27N3O2S. The summed E-state index contributed by atoms with van der Waals surface area (Å²) in [6.07, 6.45) is 5.62. The van der Waals surface area contributed by atoms with Crippen LogP contribution in [0.2, 0.25) is 0 Å². The van der Waals surface area contributed by atoms with Gasteiger partial charge in [-0.25, -0.2) is 8.42 Å². The molecule has 2 unspecified atom stereocenters. The van der Waals surface area contributed by atoms with Crippen molar-refractivity contribution in [2.24, 2.45) is 0 Å². The Bertz CT molecular complexity index is 436. The Morgan fingerprint density at radius 1 is 1.20 bits per heavy atom. The Hall–Kier alpha value is -0.170. The second kappa shape index (κ2) is 5.91. The number of nitrogens with zero attached hydrogens (tertiary/aromatic N) is 2. The number of fused-ring (bicyclic) bond motifs is 1. The molecule has 0 amide bonds. The van der Waals surface area contributed by atoms with Crippen LogP contribution in [0.15, 0.2) is 0 Å². The fourth-order valence-electron chi connectivity index (χ4n) is 3.51. The van der Waals surface area contributed by atoms with Gasteiger partial charge in [0.15, 0.2) is 0 Å². The fraction of sp³-hybridized carbons (Fsp3) is 1.00. The molecular weight excluding hydrogens is 274 g/mol. The van der Waals surface area contributed by atoms with Crippen LogP contribution in [0.3, 0.4) is 0 Å². The van der Waals surface area contributed by atoms with Crippen molar-refractivity contribution in [3.63, 3.8) is 0 Å². The molecule has 0 bridgehead atoms. The van der Waals surface area contributed by atoms with Crippen molar-refractivity contribution in [3.8, 4) is 0 Å². The van der Waals surface area contributed by atoms with Gasteiger partial charge in [0.1, 0.15) is 0 Å². The zero-order valence-electron chi connectivity index (χ0n) is 12.4. The summed E-state index contributed by atoms with van der Waals surface area (Å²) in [7, 11) is -3.08. The molecule has 3 rings (SSSR count). The molecule has 116 valence electrons. The van der Waals surface area contributed by atoms with Gasteiger partial charge < -0.3 is 5.32 Å². The van der Waals surface area contributed by atoms with Gasteiger partial charge in [0.25, 0.3) is 0 Å². The van der Waals surface area contributed by atoms with Crippen molar-refractivity contribution in [3.05, 3.63) is 0 Å². The molecule has 1 N–H and O–H groups in total. The Balaban J connectivity index is 1.52. The molecule has 2 atom stereocenters. The summed E-state index contributed by atoms with van der Waals surface area (Å²) in [6.45, 7) is 5.65. The molecule has 0 spiro atoms. The summed E-state index contributed by atoms with van der Waals surface area (Å²) >= 11 is 0. The summed E-state index contributed by atoms with van der Waals surface area (Å²) < 4.78 is 26.8. The van der Waals surface area contributed by atoms with E-state index in [1.54, 1.807) is 4.31 Å². The van der Waals surface area contributed by atoms with E-state index in [9.17, 15) is 8.42 Å². The van der Waals surface area contributed by atoms with E-state index in [-0.39, 0.29) is 6.04 Å². The summed E-state index contributed by atoms with van der Waals surface area (Å²) in [6, 6.07) is 1.26. The summed E-state index contributed by atoms with van der Waals surface area (Å²) in [4.78, 5) is 2.46. The number of hydrogen-bond acceptors (Lipinski definition) is 4. The molecule has 5 nitrogen and oxygen atoms in total. The number of nitrogens with one attached hydrogen (secondary N) is 1. The molecule has 2 aliphatic heterocycles. The Morgan fingerprint density at radius 2 is 2.00 bits per heavy atom. The zero-order chi connectivity index (χ0) is 14.2. The van der Waals surface area contributed by atoms with Gasteiger partial charge in [0.05, 0.1) is 5.75 Å². The standard InChI is InChI=1S/C14H27N3O2S/c1-12-10-16-8-2-4-14(16)11-17(12)20(18,19)9-3-7-15-13-5-6-13/h12-15H,2-11H2,1H3. The van der Waals surface area contributed by atoms with Gasteiger partial charge in [-0.05, 0) is 52.1 Å². The summed E-state index contributed by atoms with van der Waals surface area (Å²) in [5, 5.41) is 3.39. The Kier molecular flexibility index (Phi) is 4.36. The molecule has 6 heteroatoms. The van der Waals surface area contributed by atoms with Crippen LogP contribution in [-0.2, 0) is 10.0 Å². The van der Waals surface area contributed by atoms with Gasteiger partial charge in [-0.1, -0.05) is 0 Å². The van der Waals surface area contributed by atoms with Crippen LogP contribution in [0.1, 0.15) is 39.0 Å². The molecule has 0 aromatic heterocycles. The molecule has 0 radical (unpaired) electrons. The molecule has 3 aliphatic rings. The van der Waals surface area contributed by atoms with Crippen LogP contribution in [0, 0.1) is 0 Å². The SMILES string of the molecule is CC1CN2CCCC2CN1S(=O)(=O)CCCNC1CC1. The highest BCUT2D eigenvalue weighted by Crippen LogP contribution is 2.26. The van der Waals surface area contributed by atoms with Crippen molar-refractivity contribution >= 4 is 10.0 Å². The molecule has 1 aliphatic carbocycles. The topological polar surface area (TPSA) is 52.7 Å². The van der Waals surface area contributed by atoms with Crippen LogP contribution in [-0.4, -0.2) is 67.7 Å². The van der Waals surface area contributed by atoms with E-state index >= 15 is 0 Å². The van der Waals surface area contributed by atoms with Crippen LogP contribution < -0.4 is 5.32 Å². The van der Waals surface area contributed by atoms with E-state index in [4.69, 9.17) is 0 Å². The van der Waals surface area contributed by atoms with E-state index in [1.807, 2.05) is 0 Å². The Morgan fingerprint density at radius 3 is 2.75 bits per heavy atom. The van der Waals surface area contributed by atoms with Gasteiger partial charge in [-0.15, -0.1) is 0 Å². The second-order valence-electron chi connectivity index (χ2n) is 6.61. The van der Waals surface area contributed by atoms with Crippen molar-refractivity contribution in [2.75, 3.05) is 31.9 Å². The maximum atomic E-state index is 12.5. The number of sulfonamides is 1. The number of rotatable bonds is 6. The van der Waals surface area contributed by atoms with Crippen LogP contribution in [0.4, 0.5) is 0 Å². The van der Waals surface area contributed by atoms with Crippen molar-refractivity contribution in [2.45, 2.75) is 57.2 Å². The highest BCUT2D eigenvalue weighted by atomic mass is 32.2. The molecule has 1 saturated carbocycles. The molecule has 2 saturated heterocycles. The Labute approximate surface area is 122 Å². The van der Waals surface area contributed by atoms with Gasteiger partial charge in [-0.2, -0.15) is 4.31 Å². The van der Waals surface area contributed by atoms with Gasteiger partial charge >= 0.3 is 0 Å². The van der Waals surface area contributed by atoms with Crippen molar-refractivity contribution < 1.29 is 8.42 Å². The normalized spacial score (nSPS) is 32.5.